The van der Waals surface area contributed by atoms with Crippen molar-refractivity contribution < 1.29 is 14.2 Å². The molecular formula is C16H17FO2. The van der Waals surface area contributed by atoms with Crippen molar-refractivity contribution in [2.24, 2.45) is 0 Å². The molecule has 2 aromatic carbocycles. The van der Waals surface area contributed by atoms with Crippen molar-refractivity contribution in [1.82, 2.24) is 0 Å². The zero-order chi connectivity index (χ0) is 14.0. The molecule has 0 fully saturated rings. The van der Waals surface area contributed by atoms with Gasteiger partial charge in [0, 0.05) is 5.56 Å². The van der Waals surface area contributed by atoms with Crippen LogP contribution in [0.1, 0.15) is 29.7 Å². The zero-order valence-corrected chi connectivity index (χ0v) is 11.3. The Labute approximate surface area is 112 Å². The lowest BCUT2D eigenvalue weighted by Gasteiger charge is -2.14. The third-order valence-electron chi connectivity index (χ3n) is 2.86. The lowest BCUT2D eigenvalue weighted by atomic mass is 10.1. The molecule has 0 aliphatic carbocycles. The smallest absolute Gasteiger partial charge is 0.168 e. The molecule has 1 atom stereocenters. The van der Waals surface area contributed by atoms with Crippen molar-refractivity contribution in [2.75, 3.05) is 0 Å². The van der Waals surface area contributed by atoms with Gasteiger partial charge in [0.2, 0.25) is 0 Å². The Bertz CT molecular complexity index is 571. The first-order valence-corrected chi connectivity index (χ1v) is 6.20. The quantitative estimate of drug-likeness (QED) is 0.892. The summed E-state index contributed by atoms with van der Waals surface area (Å²) in [5.74, 6) is 0.185. The van der Waals surface area contributed by atoms with E-state index in [1.165, 1.54) is 6.07 Å². The van der Waals surface area contributed by atoms with Crippen LogP contribution in [-0.4, -0.2) is 5.11 Å². The maximum Gasteiger partial charge on any atom is 0.168 e. The van der Waals surface area contributed by atoms with Crippen LogP contribution in [-0.2, 0) is 0 Å². The van der Waals surface area contributed by atoms with E-state index in [2.05, 4.69) is 0 Å². The molecule has 0 unspecified atom stereocenters. The van der Waals surface area contributed by atoms with Crippen LogP contribution >= 0.6 is 0 Å². The SMILES string of the molecule is Cc1cc(C)cc(Oc2c(F)cccc2[C@@H](C)O)c1. The monoisotopic (exact) mass is 260 g/mol. The molecule has 0 bridgehead atoms. The predicted molar refractivity (Wildman–Crippen MR) is 73.0 cm³/mol. The molecule has 0 amide bonds. The van der Waals surface area contributed by atoms with Gasteiger partial charge in [-0.25, -0.2) is 4.39 Å². The fraction of sp³-hybridized carbons (Fsp3) is 0.250. The molecule has 2 aromatic rings. The highest BCUT2D eigenvalue weighted by atomic mass is 19.1. The topological polar surface area (TPSA) is 29.5 Å². The van der Waals surface area contributed by atoms with E-state index in [0.717, 1.165) is 11.1 Å². The molecule has 0 radical (unpaired) electrons. The van der Waals surface area contributed by atoms with Gasteiger partial charge in [-0.05, 0) is 50.1 Å². The second kappa shape index (κ2) is 5.41. The predicted octanol–water partition coefficient (Wildman–Crippen LogP) is 4.29. The highest BCUT2D eigenvalue weighted by molar-refractivity contribution is 5.42. The normalized spacial score (nSPS) is 12.3. The Hall–Kier alpha value is -1.87. The molecule has 3 heteroatoms. The Morgan fingerprint density at radius 2 is 1.74 bits per heavy atom. The number of benzene rings is 2. The summed E-state index contributed by atoms with van der Waals surface area (Å²) in [4.78, 5) is 0. The van der Waals surface area contributed by atoms with Gasteiger partial charge >= 0.3 is 0 Å². The van der Waals surface area contributed by atoms with Gasteiger partial charge in [-0.15, -0.1) is 0 Å². The molecule has 0 spiro atoms. The standard InChI is InChI=1S/C16H17FO2/c1-10-7-11(2)9-13(8-10)19-16-14(12(3)18)5-4-6-15(16)17/h4-9,12,18H,1-3H3/t12-/m1/s1. The highest BCUT2D eigenvalue weighted by Gasteiger charge is 2.14. The summed E-state index contributed by atoms with van der Waals surface area (Å²) in [6.45, 7) is 5.50. The second-order valence-corrected chi connectivity index (χ2v) is 4.76. The molecule has 2 rings (SSSR count). The molecule has 1 N–H and O–H groups in total. The highest BCUT2D eigenvalue weighted by Crippen LogP contribution is 2.32. The molecular weight excluding hydrogens is 243 g/mol. The van der Waals surface area contributed by atoms with E-state index in [0.29, 0.717) is 11.3 Å². The van der Waals surface area contributed by atoms with Crippen LogP contribution in [0.25, 0.3) is 0 Å². The number of aliphatic hydroxyl groups is 1. The van der Waals surface area contributed by atoms with Crippen molar-refractivity contribution in [3.63, 3.8) is 0 Å². The number of hydrogen-bond donors (Lipinski definition) is 1. The summed E-state index contributed by atoms with van der Waals surface area (Å²) in [7, 11) is 0. The van der Waals surface area contributed by atoms with E-state index in [1.807, 2.05) is 32.0 Å². The average Bonchev–Trinajstić information content (AvgIpc) is 2.30. The van der Waals surface area contributed by atoms with Crippen LogP contribution in [0.4, 0.5) is 4.39 Å². The first-order valence-electron chi connectivity index (χ1n) is 6.20. The molecule has 0 aromatic heterocycles. The minimum Gasteiger partial charge on any atom is -0.454 e. The van der Waals surface area contributed by atoms with Gasteiger partial charge in [-0.3, -0.25) is 0 Å². The Balaban J connectivity index is 2.42. The summed E-state index contributed by atoms with van der Waals surface area (Å²) in [6, 6.07) is 10.2. The van der Waals surface area contributed by atoms with E-state index >= 15 is 0 Å². The van der Waals surface area contributed by atoms with E-state index in [4.69, 9.17) is 4.74 Å². The van der Waals surface area contributed by atoms with Crippen LogP contribution in [0.3, 0.4) is 0 Å². The number of hydrogen-bond acceptors (Lipinski definition) is 2. The molecule has 19 heavy (non-hydrogen) atoms. The summed E-state index contributed by atoms with van der Waals surface area (Å²) in [6.07, 6.45) is -0.781. The maximum atomic E-state index is 13.9. The van der Waals surface area contributed by atoms with Gasteiger partial charge in [0.05, 0.1) is 6.10 Å². The first kappa shape index (κ1) is 13.6. The van der Waals surface area contributed by atoms with Gasteiger partial charge in [0.15, 0.2) is 11.6 Å². The van der Waals surface area contributed by atoms with E-state index in [-0.39, 0.29) is 5.75 Å². The molecule has 0 heterocycles. The molecule has 0 aliphatic rings. The average molecular weight is 260 g/mol. The van der Waals surface area contributed by atoms with Crippen LogP contribution in [0.15, 0.2) is 36.4 Å². The fourth-order valence-electron chi connectivity index (χ4n) is 2.07. The third-order valence-corrected chi connectivity index (χ3v) is 2.86. The lowest BCUT2D eigenvalue weighted by molar-refractivity contribution is 0.194. The van der Waals surface area contributed by atoms with Crippen LogP contribution in [0.2, 0.25) is 0 Å². The van der Waals surface area contributed by atoms with Crippen molar-refractivity contribution >= 4 is 0 Å². The maximum absolute atomic E-state index is 13.9. The Morgan fingerprint density at radius 1 is 1.11 bits per heavy atom. The number of rotatable bonds is 3. The largest absolute Gasteiger partial charge is 0.454 e. The molecule has 0 saturated carbocycles. The van der Waals surface area contributed by atoms with Gasteiger partial charge in [0.1, 0.15) is 5.75 Å². The van der Waals surface area contributed by atoms with E-state index < -0.39 is 11.9 Å². The number of aryl methyl sites for hydroxylation is 2. The zero-order valence-electron chi connectivity index (χ0n) is 11.3. The number of ether oxygens (including phenoxy) is 1. The first-order chi connectivity index (χ1) is 8.97. The summed E-state index contributed by atoms with van der Waals surface area (Å²) in [5, 5.41) is 9.67. The van der Waals surface area contributed by atoms with Crippen molar-refractivity contribution in [2.45, 2.75) is 26.9 Å². The molecule has 0 saturated heterocycles. The lowest BCUT2D eigenvalue weighted by Crippen LogP contribution is -1.99. The van der Waals surface area contributed by atoms with Gasteiger partial charge in [-0.1, -0.05) is 18.2 Å². The van der Waals surface area contributed by atoms with Gasteiger partial charge < -0.3 is 9.84 Å². The van der Waals surface area contributed by atoms with E-state index in [9.17, 15) is 9.50 Å². The minimum absolute atomic E-state index is 0.0856. The van der Waals surface area contributed by atoms with Crippen molar-refractivity contribution in [3.8, 4) is 11.5 Å². The second-order valence-electron chi connectivity index (χ2n) is 4.76. The van der Waals surface area contributed by atoms with Crippen LogP contribution in [0, 0.1) is 19.7 Å². The summed E-state index contributed by atoms with van der Waals surface area (Å²) >= 11 is 0. The Morgan fingerprint density at radius 3 is 2.32 bits per heavy atom. The van der Waals surface area contributed by atoms with Crippen LogP contribution < -0.4 is 4.74 Å². The third kappa shape index (κ3) is 3.12. The summed E-state index contributed by atoms with van der Waals surface area (Å²) < 4.78 is 19.5. The number of para-hydroxylation sites is 1. The van der Waals surface area contributed by atoms with Gasteiger partial charge in [0.25, 0.3) is 0 Å². The molecule has 100 valence electrons. The van der Waals surface area contributed by atoms with Crippen LogP contribution in [0.5, 0.6) is 11.5 Å². The van der Waals surface area contributed by atoms with Crippen molar-refractivity contribution in [3.05, 3.63) is 58.9 Å². The molecule has 0 aliphatic heterocycles. The summed E-state index contributed by atoms with van der Waals surface area (Å²) in [5.41, 5.74) is 2.54. The fourth-order valence-corrected chi connectivity index (χ4v) is 2.07. The van der Waals surface area contributed by atoms with Gasteiger partial charge in [-0.2, -0.15) is 0 Å². The number of aliphatic hydroxyl groups excluding tert-OH is 1. The Kier molecular flexibility index (Phi) is 3.86. The minimum atomic E-state index is -0.781. The van der Waals surface area contributed by atoms with Crippen molar-refractivity contribution in [1.29, 1.82) is 0 Å². The molecule has 2 nitrogen and oxygen atoms in total. The van der Waals surface area contributed by atoms with E-state index in [1.54, 1.807) is 19.1 Å². The number of halogens is 1.